The molecular formula is C21H18N2O5. The number of carboxylic acid groups (broad SMARTS) is 1. The van der Waals surface area contributed by atoms with Gasteiger partial charge in [0.15, 0.2) is 0 Å². The smallest absolute Gasteiger partial charge is 0.322 e. The molecule has 7 nitrogen and oxygen atoms in total. The minimum absolute atomic E-state index is 0.208. The van der Waals surface area contributed by atoms with Crippen LogP contribution in [0.4, 0.5) is 4.79 Å². The number of carboxylic acids is 1. The first-order valence-electron chi connectivity index (χ1n) is 9.22. The van der Waals surface area contributed by atoms with Gasteiger partial charge in [0.1, 0.15) is 17.0 Å². The molecule has 2 aliphatic heterocycles. The van der Waals surface area contributed by atoms with Gasteiger partial charge >= 0.3 is 12.0 Å². The lowest BCUT2D eigenvalue weighted by Crippen LogP contribution is -2.51. The second-order valence-electron chi connectivity index (χ2n) is 7.60. The van der Waals surface area contributed by atoms with Crippen LogP contribution in [-0.4, -0.2) is 28.6 Å². The van der Waals surface area contributed by atoms with Crippen molar-refractivity contribution in [3.8, 4) is 11.5 Å². The fourth-order valence-corrected chi connectivity index (χ4v) is 4.62. The molecule has 2 aromatic rings. The Hall–Kier alpha value is -3.35. The predicted molar refractivity (Wildman–Crippen MR) is 98.1 cm³/mol. The summed E-state index contributed by atoms with van der Waals surface area (Å²) in [5, 5.41) is 14.5. The Morgan fingerprint density at radius 1 is 1.07 bits per heavy atom. The predicted octanol–water partition coefficient (Wildman–Crippen LogP) is 2.61. The van der Waals surface area contributed by atoms with Crippen LogP contribution in [0, 0.1) is 11.8 Å². The minimum Gasteiger partial charge on any atom is -0.481 e. The number of carbonyl (C=O) groups is 3. The number of hydrogen-bond donors (Lipinski definition) is 3. The van der Waals surface area contributed by atoms with Gasteiger partial charge in [-0.2, -0.15) is 0 Å². The highest BCUT2D eigenvalue weighted by atomic mass is 16.5. The molecule has 1 unspecified atom stereocenters. The quantitative estimate of drug-likeness (QED) is 0.710. The van der Waals surface area contributed by atoms with Crippen LogP contribution in [0.3, 0.4) is 0 Å². The van der Waals surface area contributed by atoms with Crippen LogP contribution < -0.4 is 15.4 Å². The first kappa shape index (κ1) is 16.8. The highest BCUT2D eigenvalue weighted by Gasteiger charge is 2.64. The molecule has 2 heterocycles. The van der Waals surface area contributed by atoms with E-state index in [1.54, 1.807) is 0 Å². The van der Waals surface area contributed by atoms with Gasteiger partial charge in [-0.05, 0) is 25.0 Å². The number of carbonyl (C=O) groups excluding carboxylic acids is 2. The standard InChI is InChI=1S/C21H18N2O5/c24-18(25)13-9-15(13)21(19(26)22-20(27)23-21)10-14-11-5-1-3-7-16(11)28-17-8-4-2-6-12(14)17/h1-8,13-15H,9-10H2,(H,24,25)(H2,22,23,26,27)/t13-,15-,21?/m1/s1. The van der Waals surface area contributed by atoms with E-state index < -0.39 is 35.3 Å². The van der Waals surface area contributed by atoms with Crippen molar-refractivity contribution in [1.29, 1.82) is 0 Å². The summed E-state index contributed by atoms with van der Waals surface area (Å²) in [6.45, 7) is 0. The lowest BCUT2D eigenvalue weighted by molar-refractivity contribution is -0.139. The van der Waals surface area contributed by atoms with E-state index in [-0.39, 0.29) is 12.3 Å². The average molecular weight is 378 g/mol. The number of para-hydroxylation sites is 2. The van der Waals surface area contributed by atoms with Crippen molar-refractivity contribution in [2.24, 2.45) is 11.8 Å². The fourth-order valence-electron chi connectivity index (χ4n) is 4.62. The second-order valence-corrected chi connectivity index (χ2v) is 7.60. The Balaban J connectivity index is 1.60. The van der Waals surface area contributed by atoms with E-state index >= 15 is 0 Å². The van der Waals surface area contributed by atoms with E-state index in [2.05, 4.69) is 10.6 Å². The van der Waals surface area contributed by atoms with Gasteiger partial charge in [-0.15, -0.1) is 0 Å². The van der Waals surface area contributed by atoms with E-state index in [4.69, 9.17) is 4.74 Å². The summed E-state index contributed by atoms with van der Waals surface area (Å²) in [5.74, 6) is -1.25. The molecule has 142 valence electrons. The Morgan fingerprint density at radius 2 is 1.68 bits per heavy atom. The zero-order chi connectivity index (χ0) is 19.5. The first-order chi connectivity index (χ1) is 13.5. The zero-order valence-electron chi connectivity index (χ0n) is 14.8. The van der Waals surface area contributed by atoms with E-state index in [1.807, 2.05) is 48.5 Å². The Bertz CT molecular complexity index is 974. The van der Waals surface area contributed by atoms with Crippen LogP contribution >= 0.6 is 0 Å². The molecule has 1 aliphatic carbocycles. The number of benzene rings is 2. The number of amides is 3. The number of urea groups is 1. The molecule has 2 aromatic carbocycles. The molecular weight excluding hydrogens is 360 g/mol. The van der Waals surface area contributed by atoms with E-state index in [1.165, 1.54) is 0 Å². The second kappa shape index (κ2) is 5.82. The summed E-state index contributed by atoms with van der Waals surface area (Å²) in [5.41, 5.74) is 0.589. The summed E-state index contributed by atoms with van der Waals surface area (Å²) < 4.78 is 6.01. The van der Waals surface area contributed by atoms with Gasteiger partial charge in [0, 0.05) is 23.0 Å². The lowest BCUT2D eigenvalue weighted by atomic mass is 9.75. The van der Waals surface area contributed by atoms with Crippen LogP contribution in [0.15, 0.2) is 48.5 Å². The van der Waals surface area contributed by atoms with Gasteiger partial charge in [0.05, 0.1) is 5.92 Å². The molecule has 0 spiro atoms. The monoisotopic (exact) mass is 378 g/mol. The third kappa shape index (κ3) is 2.39. The molecule has 0 aromatic heterocycles. The maximum atomic E-state index is 12.8. The minimum atomic E-state index is -1.25. The van der Waals surface area contributed by atoms with E-state index in [9.17, 15) is 19.5 Å². The molecule has 1 saturated carbocycles. The Morgan fingerprint density at radius 3 is 2.18 bits per heavy atom. The first-order valence-corrected chi connectivity index (χ1v) is 9.22. The van der Waals surface area contributed by atoms with Gasteiger partial charge in [-0.25, -0.2) is 4.79 Å². The van der Waals surface area contributed by atoms with Crippen molar-refractivity contribution >= 4 is 17.9 Å². The highest BCUT2D eigenvalue weighted by molar-refractivity contribution is 6.08. The molecule has 3 aliphatic rings. The van der Waals surface area contributed by atoms with Crippen molar-refractivity contribution in [2.75, 3.05) is 0 Å². The van der Waals surface area contributed by atoms with Crippen LogP contribution in [0.2, 0.25) is 0 Å². The molecule has 3 atom stereocenters. The number of fused-ring (bicyclic) bond motifs is 2. The molecule has 28 heavy (non-hydrogen) atoms. The molecule has 5 rings (SSSR count). The van der Waals surface area contributed by atoms with Crippen molar-refractivity contribution < 1.29 is 24.2 Å². The fraction of sp³-hybridized carbons (Fsp3) is 0.286. The van der Waals surface area contributed by atoms with Gasteiger partial charge in [0.25, 0.3) is 5.91 Å². The van der Waals surface area contributed by atoms with Crippen LogP contribution in [0.25, 0.3) is 0 Å². The average Bonchev–Trinajstić information content (AvgIpc) is 3.43. The highest BCUT2D eigenvalue weighted by Crippen LogP contribution is 2.54. The van der Waals surface area contributed by atoms with Crippen LogP contribution in [0.1, 0.15) is 29.9 Å². The van der Waals surface area contributed by atoms with Crippen molar-refractivity contribution in [1.82, 2.24) is 10.6 Å². The summed E-state index contributed by atoms with van der Waals surface area (Å²) in [6.07, 6.45) is 0.645. The van der Waals surface area contributed by atoms with E-state index in [0.29, 0.717) is 17.9 Å². The van der Waals surface area contributed by atoms with E-state index in [0.717, 1.165) is 11.1 Å². The lowest BCUT2D eigenvalue weighted by Gasteiger charge is -2.35. The maximum Gasteiger partial charge on any atom is 0.322 e. The van der Waals surface area contributed by atoms with Crippen molar-refractivity contribution in [3.05, 3.63) is 59.7 Å². The van der Waals surface area contributed by atoms with Gasteiger partial charge < -0.3 is 15.2 Å². The van der Waals surface area contributed by atoms with Crippen LogP contribution in [0.5, 0.6) is 11.5 Å². The molecule has 0 bridgehead atoms. The largest absolute Gasteiger partial charge is 0.481 e. The Kier molecular flexibility index (Phi) is 3.49. The van der Waals surface area contributed by atoms with Crippen molar-refractivity contribution in [2.45, 2.75) is 24.3 Å². The third-order valence-electron chi connectivity index (χ3n) is 6.04. The maximum absolute atomic E-state index is 12.8. The zero-order valence-corrected chi connectivity index (χ0v) is 14.8. The molecule has 0 radical (unpaired) electrons. The molecule has 3 amide bonds. The molecule has 2 fully saturated rings. The number of nitrogens with one attached hydrogen (secondary N) is 2. The topological polar surface area (TPSA) is 105 Å². The number of ether oxygens (including phenoxy) is 1. The SMILES string of the molecule is O=C1NC(=O)C(CC2c3ccccc3Oc3ccccc32)([C@@H]2C[C@H]2C(=O)O)N1. The van der Waals surface area contributed by atoms with Gasteiger partial charge in [-0.1, -0.05) is 36.4 Å². The Labute approximate surface area is 160 Å². The molecule has 7 heteroatoms. The number of hydrogen-bond acceptors (Lipinski definition) is 4. The molecule has 3 N–H and O–H groups in total. The number of rotatable bonds is 4. The summed E-state index contributed by atoms with van der Waals surface area (Å²) in [4.78, 5) is 36.3. The summed E-state index contributed by atoms with van der Waals surface area (Å²) in [6, 6.07) is 14.6. The summed E-state index contributed by atoms with van der Waals surface area (Å²) in [7, 11) is 0. The van der Waals surface area contributed by atoms with Gasteiger partial charge in [0.2, 0.25) is 0 Å². The van der Waals surface area contributed by atoms with Gasteiger partial charge in [-0.3, -0.25) is 14.9 Å². The summed E-state index contributed by atoms with van der Waals surface area (Å²) >= 11 is 0. The van der Waals surface area contributed by atoms with Crippen LogP contribution in [-0.2, 0) is 9.59 Å². The normalized spacial score (nSPS) is 27.9. The van der Waals surface area contributed by atoms with Crippen molar-refractivity contribution in [3.63, 3.8) is 0 Å². The number of aliphatic carboxylic acids is 1. The third-order valence-corrected chi connectivity index (χ3v) is 6.04. The number of imide groups is 1. The molecule has 1 saturated heterocycles.